The highest BCUT2D eigenvalue weighted by Gasteiger charge is 2.16. The number of nitrogen functional groups attached to an aromatic ring is 1. The Morgan fingerprint density at radius 2 is 2.11 bits per heavy atom. The first-order chi connectivity index (χ1) is 8.80. The van der Waals surface area contributed by atoms with E-state index in [4.69, 9.17) is 10.5 Å². The first kappa shape index (κ1) is 15.8. The van der Waals surface area contributed by atoms with Gasteiger partial charge in [-0.3, -0.25) is 4.79 Å². The summed E-state index contributed by atoms with van der Waals surface area (Å²) in [6, 6.07) is 1.67. The van der Waals surface area contributed by atoms with Crippen molar-refractivity contribution in [1.29, 1.82) is 0 Å². The normalized spacial score (nSPS) is 11.4. The predicted molar refractivity (Wildman–Crippen MR) is 77.0 cm³/mol. The van der Waals surface area contributed by atoms with E-state index in [1.54, 1.807) is 6.07 Å². The molecule has 1 heterocycles. The standard InChI is InChI=1S/C13H21N3O2S/c1-5-6-10-15-9(14)7-11(16-10)19-8-12(17)18-13(2,3)4/h7H,5-6,8H2,1-4H3,(H2,14,15,16). The van der Waals surface area contributed by atoms with Crippen molar-refractivity contribution in [3.05, 3.63) is 11.9 Å². The number of hydrogen-bond acceptors (Lipinski definition) is 6. The molecule has 0 bridgehead atoms. The van der Waals surface area contributed by atoms with Crippen LogP contribution in [0.5, 0.6) is 0 Å². The average Bonchev–Trinajstić information content (AvgIpc) is 2.24. The maximum Gasteiger partial charge on any atom is 0.316 e. The molecule has 0 aliphatic carbocycles. The second-order valence-corrected chi connectivity index (χ2v) is 6.17. The Labute approximate surface area is 118 Å². The van der Waals surface area contributed by atoms with Crippen LogP contribution in [0, 0.1) is 0 Å². The van der Waals surface area contributed by atoms with Crippen molar-refractivity contribution in [2.45, 2.75) is 51.2 Å². The van der Waals surface area contributed by atoms with Gasteiger partial charge in [0.05, 0.1) is 5.75 Å². The van der Waals surface area contributed by atoms with Crippen molar-refractivity contribution < 1.29 is 9.53 Å². The van der Waals surface area contributed by atoms with Crippen LogP contribution < -0.4 is 5.73 Å². The first-order valence-corrected chi connectivity index (χ1v) is 7.27. The van der Waals surface area contributed by atoms with E-state index < -0.39 is 5.60 Å². The van der Waals surface area contributed by atoms with Gasteiger partial charge in [0.25, 0.3) is 0 Å². The largest absolute Gasteiger partial charge is 0.459 e. The Bertz CT molecular complexity index is 444. The number of nitrogens with zero attached hydrogens (tertiary/aromatic N) is 2. The van der Waals surface area contributed by atoms with Crippen molar-refractivity contribution in [2.75, 3.05) is 11.5 Å². The van der Waals surface area contributed by atoms with Crippen LogP contribution >= 0.6 is 11.8 Å². The van der Waals surface area contributed by atoms with Crippen molar-refractivity contribution >= 4 is 23.5 Å². The van der Waals surface area contributed by atoms with Gasteiger partial charge >= 0.3 is 5.97 Å². The second-order valence-electron chi connectivity index (χ2n) is 5.17. The van der Waals surface area contributed by atoms with Crippen LogP contribution in [-0.2, 0) is 16.0 Å². The molecule has 0 amide bonds. The third-order valence-corrected chi connectivity index (χ3v) is 2.89. The molecule has 6 heteroatoms. The summed E-state index contributed by atoms with van der Waals surface area (Å²) in [5, 5.41) is 0.710. The number of esters is 1. The van der Waals surface area contributed by atoms with E-state index in [1.807, 2.05) is 20.8 Å². The number of aryl methyl sites for hydroxylation is 1. The number of ether oxygens (including phenoxy) is 1. The molecule has 5 nitrogen and oxygen atoms in total. The molecule has 0 aromatic carbocycles. The van der Waals surface area contributed by atoms with Gasteiger partial charge in [-0.15, -0.1) is 0 Å². The van der Waals surface area contributed by atoms with E-state index in [0.29, 0.717) is 16.7 Å². The summed E-state index contributed by atoms with van der Waals surface area (Å²) in [5.74, 6) is 1.12. The SMILES string of the molecule is CCCc1nc(N)cc(SCC(=O)OC(C)(C)C)n1. The summed E-state index contributed by atoms with van der Waals surface area (Å²) in [7, 11) is 0. The minimum atomic E-state index is -0.463. The number of nitrogens with two attached hydrogens (primary N) is 1. The fraction of sp³-hybridized carbons (Fsp3) is 0.615. The van der Waals surface area contributed by atoms with Crippen molar-refractivity contribution in [3.8, 4) is 0 Å². The lowest BCUT2D eigenvalue weighted by Crippen LogP contribution is -2.24. The number of aromatic nitrogens is 2. The quantitative estimate of drug-likeness (QED) is 0.508. The Hall–Kier alpha value is -1.30. The molecule has 1 rings (SSSR count). The highest BCUT2D eigenvalue weighted by molar-refractivity contribution is 7.99. The summed E-state index contributed by atoms with van der Waals surface area (Å²) in [5.41, 5.74) is 5.25. The zero-order valence-electron chi connectivity index (χ0n) is 11.9. The highest BCUT2D eigenvalue weighted by Crippen LogP contribution is 2.19. The molecular formula is C13H21N3O2S. The Balaban J connectivity index is 2.60. The number of hydrogen-bond donors (Lipinski definition) is 1. The molecule has 2 N–H and O–H groups in total. The van der Waals surface area contributed by atoms with Crippen molar-refractivity contribution in [3.63, 3.8) is 0 Å². The molecule has 0 unspecified atom stereocenters. The first-order valence-electron chi connectivity index (χ1n) is 6.28. The monoisotopic (exact) mass is 283 g/mol. The second kappa shape index (κ2) is 6.75. The molecule has 1 aromatic heterocycles. The predicted octanol–water partition coefficient (Wildman–Crippen LogP) is 2.45. The summed E-state index contributed by atoms with van der Waals surface area (Å²) in [6.45, 7) is 7.59. The molecule has 0 aliphatic rings. The third-order valence-electron chi connectivity index (χ3n) is 2.00. The number of carbonyl (C=O) groups excluding carboxylic acids is 1. The molecule has 106 valence electrons. The van der Waals surface area contributed by atoms with Gasteiger partial charge in [-0.25, -0.2) is 9.97 Å². The third kappa shape index (κ3) is 6.42. The van der Waals surface area contributed by atoms with Gasteiger partial charge in [-0.2, -0.15) is 0 Å². The van der Waals surface area contributed by atoms with Gasteiger partial charge in [0.1, 0.15) is 22.3 Å². The van der Waals surface area contributed by atoms with Crippen LogP contribution in [0.3, 0.4) is 0 Å². The Kier molecular flexibility index (Phi) is 5.60. The number of anilines is 1. The maximum atomic E-state index is 11.6. The number of thioether (sulfide) groups is 1. The van der Waals surface area contributed by atoms with E-state index >= 15 is 0 Å². The smallest absolute Gasteiger partial charge is 0.316 e. The van der Waals surface area contributed by atoms with Gasteiger partial charge in [0, 0.05) is 12.5 Å². The van der Waals surface area contributed by atoms with E-state index in [0.717, 1.165) is 12.8 Å². The van der Waals surface area contributed by atoms with Gasteiger partial charge < -0.3 is 10.5 Å². The molecule has 1 aromatic rings. The fourth-order valence-electron chi connectivity index (χ4n) is 1.41. The summed E-state index contributed by atoms with van der Waals surface area (Å²) >= 11 is 1.32. The maximum absolute atomic E-state index is 11.6. The van der Waals surface area contributed by atoms with Crippen molar-refractivity contribution in [2.24, 2.45) is 0 Å². The molecular weight excluding hydrogens is 262 g/mol. The minimum Gasteiger partial charge on any atom is -0.459 e. The molecule has 0 fully saturated rings. The summed E-state index contributed by atoms with van der Waals surface area (Å²) in [4.78, 5) is 20.1. The molecule has 0 saturated carbocycles. The van der Waals surface area contributed by atoms with Crippen LogP contribution in [0.25, 0.3) is 0 Å². The van der Waals surface area contributed by atoms with Gasteiger partial charge in [0.15, 0.2) is 0 Å². The van der Waals surface area contributed by atoms with Crippen molar-refractivity contribution in [1.82, 2.24) is 9.97 Å². The zero-order valence-corrected chi connectivity index (χ0v) is 12.7. The van der Waals surface area contributed by atoms with E-state index in [9.17, 15) is 4.79 Å². The molecule has 19 heavy (non-hydrogen) atoms. The van der Waals surface area contributed by atoms with Crippen LogP contribution in [0.2, 0.25) is 0 Å². The lowest BCUT2D eigenvalue weighted by atomic mass is 10.2. The zero-order chi connectivity index (χ0) is 14.5. The summed E-state index contributed by atoms with van der Waals surface area (Å²) < 4.78 is 5.23. The van der Waals surface area contributed by atoms with Gasteiger partial charge in [0.2, 0.25) is 0 Å². The minimum absolute atomic E-state index is 0.222. The fourth-order valence-corrected chi connectivity index (χ4v) is 2.10. The topological polar surface area (TPSA) is 78.1 Å². The van der Waals surface area contributed by atoms with E-state index in [1.165, 1.54) is 11.8 Å². The van der Waals surface area contributed by atoms with Gasteiger partial charge in [-0.05, 0) is 27.2 Å². The molecule has 0 atom stereocenters. The average molecular weight is 283 g/mol. The lowest BCUT2D eigenvalue weighted by Gasteiger charge is -2.19. The summed E-state index contributed by atoms with van der Waals surface area (Å²) in [6.07, 6.45) is 1.74. The molecule has 0 radical (unpaired) electrons. The number of carbonyl (C=O) groups is 1. The van der Waals surface area contributed by atoms with Gasteiger partial charge in [-0.1, -0.05) is 18.7 Å². The Morgan fingerprint density at radius 3 is 2.68 bits per heavy atom. The Morgan fingerprint density at radius 1 is 1.42 bits per heavy atom. The molecule has 0 spiro atoms. The van der Waals surface area contributed by atoms with Crippen LogP contribution in [-0.4, -0.2) is 27.3 Å². The lowest BCUT2D eigenvalue weighted by molar-refractivity contribution is -0.151. The van der Waals surface area contributed by atoms with Crippen LogP contribution in [0.15, 0.2) is 11.1 Å². The van der Waals surface area contributed by atoms with Crippen LogP contribution in [0.4, 0.5) is 5.82 Å². The highest BCUT2D eigenvalue weighted by atomic mass is 32.2. The molecule has 0 aliphatic heterocycles. The van der Waals surface area contributed by atoms with E-state index in [-0.39, 0.29) is 11.7 Å². The van der Waals surface area contributed by atoms with E-state index in [2.05, 4.69) is 16.9 Å². The van der Waals surface area contributed by atoms with Crippen LogP contribution in [0.1, 0.15) is 39.9 Å². The molecule has 0 saturated heterocycles. The number of rotatable bonds is 5.